The molecule has 0 aliphatic carbocycles. The zero-order valence-electron chi connectivity index (χ0n) is 23.0. The Labute approximate surface area is 237 Å². The highest BCUT2D eigenvalue weighted by molar-refractivity contribution is 6.35. The Balaban J connectivity index is 1.62. The molecule has 5 rings (SSSR count). The number of benzene rings is 3. The van der Waals surface area contributed by atoms with Crippen LogP contribution in [0.1, 0.15) is 19.8 Å². The molecule has 0 spiro atoms. The molecule has 1 saturated heterocycles. The summed E-state index contributed by atoms with van der Waals surface area (Å²) >= 11 is 6.78. The number of aromatic hydroxyl groups is 1. The van der Waals surface area contributed by atoms with E-state index in [0.717, 1.165) is 23.7 Å². The summed E-state index contributed by atoms with van der Waals surface area (Å²) in [7, 11) is 3.97. The molecule has 1 N–H and O–H groups in total. The molecular formula is C30H33ClFN5O3. The van der Waals surface area contributed by atoms with Crippen LogP contribution in [0.5, 0.6) is 11.8 Å². The number of carbonyl (C=O) groups excluding carboxylic acids is 1. The Morgan fingerprint density at radius 2 is 1.85 bits per heavy atom. The van der Waals surface area contributed by atoms with E-state index in [4.69, 9.17) is 21.3 Å². The van der Waals surface area contributed by atoms with Gasteiger partial charge in [-0.05, 0) is 55.1 Å². The highest BCUT2D eigenvalue weighted by Crippen LogP contribution is 2.42. The maximum absolute atomic E-state index is 16.5. The molecule has 1 amide bonds. The Bertz CT molecular complexity index is 1560. The van der Waals surface area contributed by atoms with Crippen molar-refractivity contribution < 1.29 is 19.0 Å². The average Bonchev–Trinajstić information content (AvgIpc) is 2.94. The summed E-state index contributed by atoms with van der Waals surface area (Å²) in [6, 6.07) is 12.4. The molecular weight excluding hydrogens is 533 g/mol. The Kier molecular flexibility index (Phi) is 8.23. The van der Waals surface area contributed by atoms with Crippen LogP contribution >= 0.6 is 11.6 Å². The smallest absolute Gasteiger partial charge is 0.319 e. The third-order valence-electron chi connectivity index (χ3n) is 7.17. The second-order valence-corrected chi connectivity index (χ2v) is 10.6. The van der Waals surface area contributed by atoms with E-state index in [1.807, 2.05) is 55.1 Å². The third kappa shape index (κ3) is 5.62. The fraction of sp³-hybridized carbons (Fsp3) is 0.367. The van der Waals surface area contributed by atoms with Gasteiger partial charge in [-0.15, -0.1) is 0 Å². The molecule has 40 heavy (non-hydrogen) atoms. The predicted octanol–water partition coefficient (Wildman–Crippen LogP) is 5.34. The Morgan fingerprint density at radius 1 is 1.10 bits per heavy atom. The van der Waals surface area contributed by atoms with Gasteiger partial charge >= 0.3 is 6.01 Å². The molecule has 1 aromatic heterocycles. The molecule has 0 bridgehead atoms. The fourth-order valence-corrected chi connectivity index (χ4v) is 5.44. The summed E-state index contributed by atoms with van der Waals surface area (Å²) in [4.78, 5) is 27.3. The van der Waals surface area contributed by atoms with Crippen molar-refractivity contribution in [2.45, 2.75) is 19.8 Å². The molecule has 3 aromatic carbocycles. The lowest BCUT2D eigenvalue weighted by atomic mass is 9.96. The Morgan fingerprint density at radius 3 is 2.58 bits per heavy atom. The summed E-state index contributed by atoms with van der Waals surface area (Å²) < 4.78 is 22.4. The minimum Gasteiger partial charge on any atom is -0.508 e. The van der Waals surface area contributed by atoms with E-state index in [0.29, 0.717) is 56.0 Å². The number of phenols is 1. The van der Waals surface area contributed by atoms with Gasteiger partial charge in [0.05, 0.1) is 11.6 Å². The number of hydrogen-bond acceptors (Lipinski definition) is 7. The number of piperazine rings is 1. The van der Waals surface area contributed by atoms with Crippen molar-refractivity contribution in [1.82, 2.24) is 19.8 Å². The normalized spacial score (nSPS) is 13.9. The lowest BCUT2D eigenvalue weighted by Crippen LogP contribution is -2.49. The van der Waals surface area contributed by atoms with E-state index < -0.39 is 5.82 Å². The van der Waals surface area contributed by atoms with Crippen LogP contribution in [0.25, 0.3) is 32.8 Å². The first-order valence-electron chi connectivity index (χ1n) is 13.5. The number of rotatable bonds is 8. The molecule has 2 heterocycles. The van der Waals surface area contributed by atoms with E-state index in [2.05, 4.69) is 9.88 Å². The first-order chi connectivity index (χ1) is 19.3. The van der Waals surface area contributed by atoms with Crippen molar-refractivity contribution in [3.8, 4) is 22.9 Å². The second-order valence-electron chi connectivity index (χ2n) is 10.2. The molecule has 8 nitrogen and oxygen atoms in total. The predicted molar refractivity (Wildman–Crippen MR) is 157 cm³/mol. The zero-order chi connectivity index (χ0) is 28.4. The Hall–Kier alpha value is -3.69. The number of anilines is 1. The lowest BCUT2D eigenvalue weighted by molar-refractivity contribution is -0.131. The largest absolute Gasteiger partial charge is 0.508 e. The van der Waals surface area contributed by atoms with Crippen molar-refractivity contribution in [1.29, 1.82) is 0 Å². The maximum Gasteiger partial charge on any atom is 0.319 e. The first-order valence-corrected chi connectivity index (χ1v) is 13.9. The monoisotopic (exact) mass is 565 g/mol. The van der Waals surface area contributed by atoms with E-state index in [1.165, 1.54) is 6.07 Å². The third-order valence-corrected chi connectivity index (χ3v) is 7.47. The number of fused-ring (bicyclic) bond motifs is 2. The fourth-order valence-electron chi connectivity index (χ4n) is 5.15. The highest BCUT2D eigenvalue weighted by Gasteiger charge is 2.26. The number of amides is 1. The van der Waals surface area contributed by atoms with Gasteiger partial charge in [0.2, 0.25) is 5.91 Å². The molecule has 1 fully saturated rings. The van der Waals surface area contributed by atoms with Gasteiger partial charge in [0.15, 0.2) is 5.82 Å². The summed E-state index contributed by atoms with van der Waals surface area (Å²) in [5.41, 5.74) is 0.717. The van der Waals surface area contributed by atoms with Crippen molar-refractivity contribution in [3.05, 3.63) is 53.3 Å². The molecule has 0 radical (unpaired) electrons. The molecule has 0 saturated carbocycles. The van der Waals surface area contributed by atoms with Crippen LogP contribution in [-0.4, -0.2) is 84.2 Å². The SMILES string of the molecule is CCC(=O)N1CCN(c2nc(OCCCN(C)C)nc3c(F)c(-c4cc(O)cc5ccccc45)c(Cl)cc23)CC1. The van der Waals surface area contributed by atoms with Crippen LogP contribution < -0.4 is 9.64 Å². The minimum atomic E-state index is -0.611. The number of halogens is 2. The van der Waals surface area contributed by atoms with Crippen molar-refractivity contribution in [2.75, 3.05) is 58.3 Å². The van der Waals surface area contributed by atoms with Gasteiger partial charge in [-0.3, -0.25) is 4.79 Å². The van der Waals surface area contributed by atoms with Crippen LogP contribution in [0.4, 0.5) is 10.2 Å². The number of phenolic OH excluding ortho intramolecular Hbond substituents is 1. The van der Waals surface area contributed by atoms with Gasteiger partial charge in [-0.1, -0.05) is 42.8 Å². The van der Waals surface area contributed by atoms with Crippen molar-refractivity contribution in [2.24, 2.45) is 0 Å². The lowest BCUT2D eigenvalue weighted by Gasteiger charge is -2.35. The van der Waals surface area contributed by atoms with E-state index in [9.17, 15) is 9.90 Å². The first kappa shape index (κ1) is 27.9. The standard InChI is InChI=1S/C30H33ClFN5O3/c1-4-25(39)36-11-13-37(14-12-36)29-23-18-24(31)26(22-17-20(38)16-19-8-5-6-9-21(19)22)27(32)28(23)33-30(34-29)40-15-7-10-35(2)3/h5-6,8-9,16-18,38H,4,7,10-15H2,1-3H3. The van der Waals surface area contributed by atoms with Gasteiger partial charge in [0.1, 0.15) is 17.1 Å². The van der Waals surface area contributed by atoms with Gasteiger partial charge in [-0.25, -0.2) is 4.39 Å². The van der Waals surface area contributed by atoms with E-state index >= 15 is 4.39 Å². The second kappa shape index (κ2) is 11.8. The quantitative estimate of drug-likeness (QED) is 0.289. The molecule has 1 aliphatic rings. The van der Waals surface area contributed by atoms with Crippen LogP contribution in [0.3, 0.4) is 0 Å². The van der Waals surface area contributed by atoms with Crippen LogP contribution in [0.2, 0.25) is 5.02 Å². The molecule has 0 unspecified atom stereocenters. The maximum atomic E-state index is 16.5. The molecule has 1 aliphatic heterocycles. The molecule has 210 valence electrons. The van der Waals surface area contributed by atoms with Crippen LogP contribution in [0.15, 0.2) is 42.5 Å². The summed E-state index contributed by atoms with van der Waals surface area (Å²) in [6.07, 6.45) is 1.21. The number of aromatic nitrogens is 2. The van der Waals surface area contributed by atoms with Crippen molar-refractivity contribution >= 4 is 45.0 Å². The molecule has 0 atom stereocenters. The summed E-state index contributed by atoms with van der Waals surface area (Å²) in [5.74, 6) is 0.0235. The zero-order valence-corrected chi connectivity index (χ0v) is 23.7. The topological polar surface area (TPSA) is 82.0 Å². The van der Waals surface area contributed by atoms with Crippen molar-refractivity contribution in [3.63, 3.8) is 0 Å². The average molecular weight is 566 g/mol. The number of nitrogens with zero attached hydrogens (tertiary/aromatic N) is 5. The number of ether oxygens (including phenoxy) is 1. The van der Waals surface area contributed by atoms with Gasteiger partial charge in [0, 0.05) is 50.1 Å². The van der Waals surface area contributed by atoms with Crippen LogP contribution in [0, 0.1) is 5.82 Å². The minimum absolute atomic E-state index is 0.0112. The van der Waals surface area contributed by atoms with Crippen LogP contribution in [-0.2, 0) is 4.79 Å². The van der Waals surface area contributed by atoms with E-state index in [-0.39, 0.29) is 33.8 Å². The highest BCUT2D eigenvalue weighted by atomic mass is 35.5. The summed E-state index contributed by atoms with van der Waals surface area (Å²) in [5, 5.41) is 12.6. The molecule has 4 aromatic rings. The van der Waals surface area contributed by atoms with Gasteiger partial charge < -0.3 is 24.5 Å². The summed E-state index contributed by atoms with van der Waals surface area (Å²) in [6.45, 7) is 5.21. The van der Waals surface area contributed by atoms with Gasteiger partial charge in [-0.2, -0.15) is 9.97 Å². The number of hydrogen-bond donors (Lipinski definition) is 1. The molecule has 10 heteroatoms. The van der Waals surface area contributed by atoms with Gasteiger partial charge in [0.25, 0.3) is 0 Å². The number of carbonyl (C=O) groups is 1. The van der Waals surface area contributed by atoms with E-state index in [1.54, 1.807) is 12.1 Å².